The molecule has 1 fully saturated rings. The molecule has 5 N–H and O–H groups in total. The lowest BCUT2D eigenvalue weighted by molar-refractivity contribution is 0.0839. The molecule has 1 heterocycles. The Hall–Kier alpha value is -0.850. The Balaban J connectivity index is 2.49. The van der Waals surface area contributed by atoms with Crippen LogP contribution in [-0.2, 0) is 4.74 Å². The van der Waals surface area contributed by atoms with Crippen molar-refractivity contribution in [1.82, 2.24) is 4.90 Å². The van der Waals surface area contributed by atoms with Crippen LogP contribution in [0, 0.1) is 0 Å². The molecular formula is C9H19N3O3. The first-order valence-corrected chi connectivity index (χ1v) is 5.22. The molecule has 1 rings (SSSR count). The molecule has 0 aromatic carbocycles. The number of amides is 1. The minimum Gasteiger partial charge on any atom is -0.441 e. The van der Waals surface area contributed by atoms with Crippen molar-refractivity contribution >= 4 is 6.09 Å². The molecular weight excluding hydrogens is 198 g/mol. The Kier molecular flexibility index (Phi) is 4.80. The fourth-order valence-electron chi connectivity index (χ4n) is 1.73. The molecule has 0 aromatic rings. The number of nitrogens with zero attached hydrogens (tertiary/aromatic N) is 1. The lowest BCUT2D eigenvalue weighted by atomic mass is 10.1. The van der Waals surface area contributed by atoms with Crippen LogP contribution in [0.1, 0.15) is 12.8 Å². The molecule has 2 atom stereocenters. The molecule has 6 nitrogen and oxygen atoms in total. The lowest BCUT2D eigenvalue weighted by Gasteiger charge is -2.22. The van der Waals surface area contributed by atoms with Crippen LogP contribution in [0.3, 0.4) is 0 Å². The van der Waals surface area contributed by atoms with Crippen molar-refractivity contribution in [2.24, 2.45) is 11.5 Å². The molecule has 0 unspecified atom stereocenters. The minimum atomic E-state index is -0.486. The standard InChI is InChI=1S/C9H19N3O3/c10-3-1-2-4-12-7(5-11)8(6-13)15-9(12)14/h7-8,13H,1-6,10-11H2/t7-,8-/m1/s1. The van der Waals surface area contributed by atoms with Gasteiger partial charge < -0.3 is 26.2 Å². The highest BCUT2D eigenvalue weighted by Gasteiger charge is 2.39. The summed E-state index contributed by atoms with van der Waals surface area (Å²) in [6.45, 7) is 1.33. The van der Waals surface area contributed by atoms with E-state index in [9.17, 15) is 4.79 Å². The monoisotopic (exact) mass is 217 g/mol. The van der Waals surface area contributed by atoms with Crippen molar-refractivity contribution in [2.75, 3.05) is 26.2 Å². The first-order chi connectivity index (χ1) is 7.24. The quantitative estimate of drug-likeness (QED) is 0.488. The fourth-order valence-corrected chi connectivity index (χ4v) is 1.73. The predicted octanol–water partition coefficient (Wildman–Crippen LogP) is -1.13. The van der Waals surface area contributed by atoms with Gasteiger partial charge >= 0.3 is 6.09 Å². The number of hydrogen-bond acceptors (Lipinski definition) is 5. The van der Waals surface area contributed by atoms with Gasteiger partial charge in [-0.15, -0.1) is 0 Å². The van der Waals surface area contributed by atoms with E-state index in [0.717, 1.165) is 12.8 Å². The van der Waals surface area contributed by atoms with Crippen molar-refractivity contribution in [3.05, 3.63) is 0 Å². The van der Waals surface area contributed by atoms with Crippen molar-refractivity contribution in [3.63, 3.8) is 0 Å². The summed E-state index contributed by atoms with van der Waals surface area (Å²) < 4.78 is 4.98. The smallest absolute Gasteiger partial charge is 0.410 e. The van der Waals surface area contributed by atoms with Crippen LogP contribution in [0.15, 0.2) is 0 Å². The Morgan fingerprint density at radius 1 is 1.40 bits per heavy atom. The highest BCUT2D eigenvalue weighted by atomic mass is 16.6. The number of aliphatic hydroxyl groups is 1. The first-order valence-electron chi connectivity index (χ1n) is 5.22. The summed E-state index contributed by atoms with van der Waals surface area (Å²) in [6.07, 6.45) is 0.826. The fraction of sp³-hybridized carbons (Fsp3) is 0.889. The van der Waals surface area contributed by atoms with Gasteiger partial charge in [0, 0.05) is 13.1 Å². The van der Waals surface area contributed by atoms with E-state index >= 15 is 0 Å². The molecule has 1 saturated heterocycles. The van der Waals surface area contributed by atoms with E-state index in [1.54, 1.807) is 4.90 Å². The summed E-state index contributed by atoms with van der Waals surface area (Å²) in [5.74, 6) is 0. The van der Waals surface area contributed by atoms with Crippen molar-refractivity contribution in [3.8, 4) is 0 Å². The van der Waals surface area contributed by atoms with Gasteiger partial charge in [-0.05, 0) is 19.4 Å². The van der Waals surface area contributed by atoms with Gasteiger partial charge in [-0.3, -0.25) is 0 Å². The molecule has 1 aliphatic rings. The molecule has 0 aliphatic carbocycles. The van der Waals surface area contributed by atoms with E-state index in [4.69, 9.17) is 21.3 Å². The summed E-state index contributed by atoms with van der Waals surface area (Å²) in [5.41, 5.74) is 10.9. The van der Waals surface area contributed by atoms with Crippen LogP contribution in [0.25, 0.3) is 0 Å². The summed E-state index contributed by atoms with van der Waals surface area (Å²) in [6, 6.07) is -0.208. The Labute approximate surface area is 89.2 Å². The zero-order valence-electron chi connectivity index (χ0n) is 8.76. The number of unbranched alkanes of at least 4 members (excludes halogenated alkanes) is 1. The highest BCUT2D eigenvalue weighted by Crippen LogP contribution is 2.18. The van der Waals surface area contributed by atoms with Gasteiger partial charge in [-0.1, -0.05) is 0 Å². The summed E-state index contributed by atoms with van der Waals surface area (Å²) >= 11 is 0. The zero-order valence-corrected chi connectivity index (χ0v) is 8.76. The molecule has 1 aliphatic heterocycles. The van der Waals surface area contributed by atoms with Crippen LogP contribution in [0.2, 0.25) is 0 Å². The molecule has 15 heavy (non-hydrogen) atoms. The van der Waals surface area contributed by atoms with Gasteiger partial charge in [0.25, 0.3) is 0 Å². The number of carbonyl (C=O) groups excluding carboxylic acids is 1. The maximum atomic E-state index is 11.4. The van der Waals surface area contributed by atoms with E-state index in [1.807, 2.05) is 0 Å². The van der Waals surface area contributed by atoms with Crippen LogP contribution in [0.4, 0.5) is 4.79 Å². The van der Waals surface area contributed by atoms with Gasteiger partial charge in [0.2, 0.25) is 0 Å². The number of rotatable bonds is 6. The van der Waals surface area contributed by atoms with Crippen LogP contribution >= 0.6 is 0 Å². The molecule has 1 amide bonds. The molecule has 0 radical (unpaired) electrons. The molecule has 0 bridgehead atoms. The summed E-state index contributed by atoms with van der Waals surface area (Å²) in [7, 11) is 0. The average molecular weight is 217 g/mol. The van der Waals surface area contributed by atoms with Crippen LogP contribution in [0.5, 0.6) is 0 Å². The van der Waals surface area contributed by atoms with Gasteiger partial charge in [0.15, 0.2) is 0 Å². The largest absolute Gasteiger partial charge is 0.441 e. The zero-order chi connectivity index (χ0) is 11.3. The lowest BCUT2D eigenvalue weighted by Crippen LogP contribution is -2.43. The number of cyclic esters (lactones) is 1. The third kappa shape index (κ3) is 2.80. The van der Waals surface area contributed by atoms with E-state index in [0.29, 0.717) is 19.6 Å². The van der Waals surface area contributed by atoms with Crippen molar-refractivity contribution in [2.45, 2.75) is 25.0 Å². The van der Waals surface area contributed by atoms with Crippen LogP contribution < -0.4 is 11.5 Å². The second-order valence-electron chi connectivity index (χ2n) is 3.60. The molecule has 0 saturated carbocycles. The van der Waals surface area contributed by atoms with E-state index in [2.05, 4.69) is 0 Å². The molecule has 0 spiro atoms. The third-order valence-corrected chi connectivity index (χ3v) is 2.59. The van der Waals surface area contributed by atoms with E-state index in [-0.39, 0.29) is 18.7 Å². The summed E-state index contributed by atoms with van der Waals surface area (Å²) in [5, 5.41) is 9.00. The van der Waals surface area contributed by atoms with Crippen molar-refractivity contribution in [1.29, 1.82) is 0 Å². The topological polar surface area (TPSA) is 102 Å². The number of hydrogen-bond donors (Lipinski definition) is 3. The minimum absolute atomic E-state index is 0.180. The maximum Gasteiger partial charge on any atom is 0.410 e. The Bertz CT molecular complexity index is 213. The molecule has 6 heteroatoms. The SMILES string of the molecule is NCCCCN1C(=O)O[C@H](CO)[C@H]1CN. The number of nitrogens with two attached hydrogens (primary N) is 2. The highest BCUT2D eigenvalue weighted by molar-refractivity contribution is 5.70. The first kappa shape index (κ1) is 12.2. The molecule has 88 valence electrons. The number of carbonyl (C=O) groups is 1. The third-order valence-electron chi connectivity index (χ3n) is 2.59. The van der Waals surface area contributed by atoms with Gasteiger partial charge in [-0.2, -0.15) is 0 Å². The number of aliphatic hydroxyl groups excluding tert-OH is 1. The molecule has 0 aromatic heterocycles. The van der Waals surface area contributed by atoms with Gasteiger partial charge in [0.1, 0.15) is 6.10 Å². The van der Waals surface area contributed by atoms with Crippen LogP contribution in [-0.4, -0.2) is 54.5 Å². The normalized spacial score (nSPS) is 25.8. The van der Waals surface area contributed by atoms with Gasteiger partial charge in [0.05, 0.1) is 12.6 Å². The van der Waals surface area contributed by atoms with Crippen molar-refractivity contribution < 1.29 is 14.6 Å². The second kappa shape index (κ2) is 5.89. The average Bonchev–Trinajstić information content (AvgIpc) is 2.55. The summed E-state index contributed by atoms with van der Waals surface area (Å²) in [4.78, 5) is 13.0. The Morgan fingerprint density at radius 2 is 2.13 bits per heavy atom. The maximum absolute atomic E-state index is 11.4. The van der Waals surface area contributed by atoms with E-state index < -0.39 is 6.10 Å². The second-order valence-corrected chi connectivity index (χ2v) is 3.60. The van der Waals surface area contributed by atoms with Gasteiger partial charge in [-0.25, -0.2) is 4.79 Å². The number of ether oxygens (including phenoxy) is 1. The Morgan fingerprint density at radius 3 is 2.67 bits per heavy atom. The predicted molar refractivity (Wildman–Crippen MR) is 55.2 cm³/mol. The van der Waals surface area contributed by atoms with E-state index in [1.165, 1.54) is 0 Å².